The Morgan fingerprint density at radius 3 is 2.43 bits per heavy atom. The maximum absolute atomic E-state index is 12.2. The minimum atomic E-state index is -0.307. The van der Waals surface area contributed by atoms with E-state index in [2.05, 4.69) is 26.5 Å². The number of carbonyl (C=O) groups is 1. The molecule has 0 bridgehead atoms. The second-order valence-electron chi connectivity index (χ2n) is 4.75. The van der Waals surface area contributed by atoms with Crippen LogP contribution in [0.4, 0.5) is 0 Å². The summed E-state index contributed by atoms with van der Waals surface area (Å²) >= 11 is 3.35. The normalized spacial score (nSPS) is 11.2. The average molecular weight is 377 g/mol. The van der Waals surface area contributed by atoms with Crippen LogP contribution in [0, 0.1) is 0 Å². The van der Waals surface area contributed by atoms with Gasteiger partial charge in [0.1, 0.15) is 11.5 Å². The van der Waals surface area contributed by atoms with E-state index in [1.807, 2.05) is 6.92 Å². The molecule has 0 aliphatic carbocycles. The highest BCUT2D eigenvalue weighted by atomic mass is 79.9. The van der Waals surface area contributed by atoms with Gasteiger partial charge in [0.25, 0.3) is 5.91 Å². The van der Waals surface area contributed by atoms with Crippen LogP contribution in [0.3, 0.4) is 0 Å². The molecule has 0 aliphatic rings. The van der Waals surface area contributed by atoms with Crippen LogP contribution in [0.2, 0.25) is 0 Å². The van der Waals surface area contributed by atoms with Crippen molar-refractivity contribution in [1.82, 2.24) is 5.43 Å². The maximum Gasteiger partial charge on any atom is 0.271 e. The first-order chi connectivity index (χ1) is 11.0. The summed E-state index contributed by atoms with van der Waals surface area (Å²) in [6.07, 6.45) is 0.650. The minimum absolute atomic E-state index is 0.191. The fraction of sp³-hybridized carbons (Fsp3) is 0.176. The summed E-state index contributed by atoms with van der Waals surface area (Å²) in [5, 5.41) is 13.5. The number of nitrogens with one attached hydrogen (secondary N) is 1. The maximum atomic E-state index is 12.2. The summed E-state index contributed by atoms with van der Waals surface area (Å²) in [6, 6.07) is 11.7. The molecule has 2 N–H and O–H groups in total. The fourth-order valence-electron chi connectivity index (χ4n) is 1.99. The second kappa shape index (κ2) is 7.78. The van der Waals surface area contributed by atoms with Crippen LogP contribution < -0.4 is 10.2 Å². The van der Waals surface area contributed by atoms with Crippen molar-refractivity contribution in [2.75, 3.05) is 7.11 Å². The molecule has 2 aromatic rings. The van der Waals surface area contributed by atoms with Gasteiger partial charge in [0.2, 0.25) is 0 Å². The predicted octanol–water partition coefficient (Wildman–Crippen LogP) is 3.71. The zero-order chi connectivity index (χ0) is 16.8. The molecule has 0 heterocycles. The molecule has 1 amide bonds. The lowest BCUT2D eigenvalue weighted by atomic mass is 10.1. The van der Waals surface area contributed by atoms with Crippen LogP contribution in [0.5, 0.6) is 11.5 Å². The van der Waals surface area contributed by atoms with Crippen molar-refractivity contribution in [2.24, 2.45) is 5.10 Å². The van der Waals surface area contributed by atoms with Crippen LogP contribution in [-0.4, -0.2) is 23.8 Å². The molecule has 0 spiro atoms. The van der Waals surface area contributed by atoms with Gasteiger partial charge >= 0.3 is 0 Å². The van der Waals surface area contributed by atoms with E-state index < -0.39 is 0 Å². The molecule has 0 aromatic heterocycles. The van der Waals surface area contributed by atoms with Crippen LogP contribution in [0.15, 0.2) is 52.0 Å². The first-order valence-electron chi connectivity index (χ1n) is 7.05. The zero-order valence-corrected chi connectivity index (χ0v) is 14.4. The molecular formula is C17H17BrN2O3. The Hall–Kier alpha value is -2.34. The third-order valence-electron chi connectivity index (χ3n) is 3.24. The SMILES string of the molecule is CC/C(=N\NC(=O)c1ccc(OC)c(Br)c1)c1ccc(O)cc1. The quantitative estimate of drug-likeness (QED) is 0.617. The van der Waals surface area contributed by atoms with Gasteiger partial charge in [0.15, 0.2) is 0 Å². The monoisotopic (exact) mass is 376 g/mol. The Bertz CT molecular complexity index is 727. The van der Waals surface area contributed by atoms with Crippen LogP contribution in [0.25, 0.3) is 0 Å². The Kier molecular flexibility index (Phi) is 5.76. The number of hydrogen-bond acceptors (Lipinski definition) is 4. The summed E-state index contributed by atoms with van der Waals surface area (Å²) in [5.41, 5.74) is 4.60. The molecule has 0 saturated carbocycles. The lowest BCUT2D eigenvalue weighted by Crippen LogP contribution is -2.20. The number of nitrogens with zero attached hydrogens (tertiary/aromatic N) is 1. The van der Waals surface area contributed by atoms with Crippen molar-refractivity contribution in [2.45, 2.75) is 13.3 Å². The van der Waals surface area contributed by atoms with Crippen LogP contribution in [0.1, 0.15) is 29.3 Å². The van der Waals surface area contributed by atoms with Gasteiger partial charge in [-0.1, -0.05) is 6.92 Å². The number of halogens is 1. The Morgan fingerprint density at radius 2 is 1.87 bits per heavy atom. The summed E-state index contributed by atoms with van der Waals surface area (Å²) < 4.78 is 5.84. The van der Waals surface area contributed by atoms with E-state index in [1.54, 1.807) is 49.6 Å². The highest BCUT2D eigenvalue weighted by molar-refractivity contribution is 9.10. The predicted molar refractivity (Wildman–Crippen MR) is 93.1 cm³/mol. The molecule has 6 heteroatoms. The van der Waals surface area contributed by atoms with Gasteiger partial charge in [-0.3, -0.25) is 4.79 Å². The molecule has 2 aromatic carbocycles. The van der Waals surface area contributed by atoms with E-state index in [1.165, 1.54) is 0 Å². The van der Waals surface area contributed by atoms with Crippen molar-refractivity contribution in [3.63, 3.8) is 0 Å². The van der Waals surface area contributed by atoms with Crippen molar-refractivity contribution >= 4 is 27.5 Å². The summed E-state index contributed by atoms with van der Waals surface area (Å²) in [5.74, 6) is 0.540. The number of ether oxygens (including phenoxy) is 1. The van der Waals surface area contributed by atoms with E-state index in [-0.39, 0.29) is 11.7 Å². The highest BCUT2D eigenvalue weighted by Gasteiger charge is 2.09. The minimum Gasteiger partial charge on any atom is -0.508 e. The van der Waals surface area contributed by atoms with E-state index in [9.17, 15) is 9.90 Å². The number of hydrazone groups is 1. The van der Waals surface area contributed by atoms with Crippen molar-refractivity contribution in [3.8, 4) is 11.5 Å². The zero-order valence-electron chi connectivity index (χ0n) is 12.8. The van der Waals surface area contributed by atoms with Gasteiger partial charge in [0.05, 0.1) is 17.3 Å². The van der Waals surface area contributed by atoms with E-state index in [0.29, 0.717) is 22.2 Å². The van der Waals surface area contributed by atoms with Crippen LogP contribution in [-0.2, 0) is 0 Å². The molecule has 0 aliphatic heterocycles. The summed E-state index contributed by atoms with van der Waals surface area (Å²) in [7, 11) is 1.56. The number of aromatic hydroxyl groups is 1. The van der Waals surface area contributed by atoms with Gasteiger partial charge in [-0.2, -0.15) is 5.10 Å². The fourth-order valence-corrected chi connectivity index (χ4v) is 2.53. The smallest absolute Gasteiger partial charge is 0.271 e. The Balaban J connectivity index is 2.15. The first-order valence-corrected chi connectivity index (χ1v) is 7.84. The average Bonchev–Trinajstić information content (AvgIpc) is 2.56. The van der Waals surface area contributed by atoms with Gasteiger partial charge in [-0.05, 0) is 70.4 Å². The lowest BCUT2D eigenvalue weighted by Gasteiger charge is -2.07. The molecule has 0 fully saturated rings. The summed E-state index contributed by atoms with van der Waals surface area (Å²) in [6.45, 7) is 1.95. The number of carbonyl (C=O) groups excluding carboxylic acids is 1. The third-order valence-corrected chi connectivity index (χ3v) is 3.86. The van der Waals surface area contributed by atoms with Crippen LogP contribution >= 0.6 is 15.9 Å². The third kappa shape index (κ3) is 4.32. The number of hydrogen-bond donors (Lipinski definition) is 2. The van der Waals surface area contributed by atoms with Crippen molar-refractivity contribution in [3.05, 3.63) is 58.1 Å². The number of methoxy groups -OCH3 is 1. The molecule has 0 atom stereocenters. The molecule has 23 heavy (non-hydrogen) atoms. The standard InChI is InChI=1S/C17H17BrN2O3/c1-3-15(11-4-7-13(21)8-5-11)19-20-17(22)12-6-9-16(23-2)14(18)10-12/h4-10,21H,3H2,1-2H3,(H,20,22)/b19-15+. The van der Waals surface area contributed by atoms with Gasteiger partial charge in [-0.15, -0.1) is 0 Å². The van der Waals surface area contributed by atoms with E-state index >= 15 is 0 Å². The second-order valence-corrected chi connectivity index (χ2v) is 5.60. The summed E-state index contributed by atoms with van der Waals surface area (Å²) in [4.78, 5) is 12.2. The molecule has 0 radical (unpaired) electrons. The largest absolute Gasteiger partial charge is 0.508 e. The van der Waals surface area contributed by atoms with Crippen molar-refractivity contribution in [1.29, 1.82) is 0 Å². The molecule has 2 rings (SSSR count). The molecule has 0 unspecified atom stereocenters. The highest BCUT2D eigenvalue weighted by Crippen LogP contribution is 2.25. The molecule has 0 saturated heterocycles. The van der Waals surface area contributed by atoms with E-state index in [4.69, 9.17) is 4.74 Å². The number of phenols is 1. The number of amides is 1. The van der Waals surface area contributed by atoms with Gasteiger partial charge in [-0.25, -0.2) is 5.43 Å². The molecular weight excluding hydrogens is 360 g/mol. The van der Waals surface area contributed by atoms with E-state index in [0.717, 1.165) is 11.3 Å². The molecule has 120 valence electrons. The number of rotatable bonds is 5. The molecule has 5 nitrogen and oxygen atoms in total. The van der Waals surface area contributed by atoms with Gasteiger partial charge in [0, 0.05) is 5.56 Å². The van der Waals surface area contributed by atoms with Gasteiger partial charge < -0.3 is 9.84 Å². The lowest BCUT2D eigenvalue weighted by molar-refractivity contribution is 0.0954. The van der Waals surface area contributed by atoms with Crippen molar-refractivity contribution < 1.29 is 14.6 Å². The Morgan fingerprint density at radius 1 is 1.22 bits per heavy atom. The topological polar surface area (TPSA) is 70.9 Å². The number of benzene rings is 2. The first kappa shape index (κ1) is 17.0. The Labute approximate surface area is 143 Å². The number of phenolic OH excluding ortho intramolecular Hbond substituents is 1.